The third-order valence-electron chi connectivity index (χ3n) is 14.8. The van der Waals surface area contributed by atoms with Crippen LogP contribution in [0.5, 0.6) is 0 Å². The summed E-state index contributed by atoms with van der Waals surface area (Å²) in [5.74, 6) is 1.94. The maximum Gasteiger partial charge on any atom is 0.164 e. The molecule has 316 valence electrons. The summed E-state index contributed by atoms with van der Waals surface area (Å²) in [7, 11) is 0. The van der Waals surface area contributed by atoms with Crippen molar-refractivity contribution in [2.45, 2.75) is 10.8 Å². The molecule has 0 radical (unpaired) electrons. The zero-order chi connectivity index (χ0) is 44.8. The molecule has 0 fully saturated rings. The van der Waals surface area contributed by atoms with E-state index in [-0.39, 0.29) is 0 Å². The Balaban J connectivity index is 0.934. The summed E-state index contributed by atoms with van der Waals surface area (Å²) in [5.41, 5.74) is 22.3. The lowest BCUT2D eigenvalue weighted by molar-refractivity contribution is 0.633. The second-order valence-corrected chi connectivity index (χ2v) is 18.2. The zero-order valence-corrected chi connectivity index (χ0v) is 37.0. The summed E-state index contributed by atoms with van der Waals surface area (Å²) in [6.07, 6.45) is 0. The van der Waals surface area contributed by atoms with Gasteiger partial charge < -0.3 is 0 Å². The largest absolute Gasteiger partial charge is 0.208 e. The molecule has 0 unspecified atom stereocenters. The molecule has 0 amide bonds. The number of hydrogen-bond acceptors (Lipinski definition) is 3. The van der Waals surface area contributed by atoms with Crippen molar-refractivity contribution < 1.29 is 0 Å². The van der Waals surface area contributed by atoms with Gasteiger partial charge in [-0.3, -0.25) is 0 Å². The minimum atomic E-state index is -0.539. The zero-order valence-electron chi connectivity index (χ0n) is 37.0. The molecule has 2 spiro atoms. The number of nitrogens with zero attached hydrogens (tertiary/aromatic N) is 3. The van der Waals surface area contributed by atoms with Gasteiger partial charge in [-0.2, -0.15) is 0 Å². The van der Waals surface area contributed by atoms with E-state index in [0.29, 0.717) is 17.5 Å². The molecule has 0 atom stereocenters. The van der Waals surface area contributed by atoms with E-state index in [1.54, 1.807) is 0 Å². The Labute approximate surface area is 395 Å². The number of hydrogen-bond donors (Lipinski definition) is 0. The van der Waals surface area contributed by atoms with Gasteiger partial charge in [0.15, 0.2) is 17.5 Å². The van der Waals surface area contributed by atoms with E-state index < -0.39 is 10.8 Å². The minimum Gasteiger partial charge on any atom is -0.208 e. The molecule has 0 saturated carbocycles. The van der Waals surface area contributed by atoms with Crippen molar-refractivity contribution in [2.75, 3.05) is 0 Å². The van der Waals surface area contributed by atoms with E-state index >= 15 is 0 Å². The Morgan fingerprint density at radius 1 is 0.191 bits per heavy atom. The number of fused-ring (bicyclic) bond motifs is 16. The van der Waals surface area contributed by atoms with Gasteiger partial charge in [0.05, 0.1) is 10.8 Å². The number of benzene rings is 10. The molecule has 0 bridgehead atoms. The second kappa shape index (κ2) is 14.9. The molecular formula is C65H41N3. The average Bonchev–Trinajstić information content (AvgIpc) is 3.89. The third kappa shape index (κ3) is 5.39. The predicted molar refractivity (Wildman–Crippen MR) is 275 cm³/mol. The van der Waals surface area contributed by atoms with Crippen LogP contribution in [0, 0.1) is 0 Å². The summed E-state index contributed by atoms with van der Waals surface area (Å²) in [6.45, 7) is 0. The second-order valence-electron chi connectivity index (χ2n) is 18.2. The van der Waals surface area contributed by atoms with E-state index in [1.807, 2.05) is 60.7 Å². The predicted octanol–water partition coefficient (Wildman–Crippen LogP) is 15.2. The van der Waals surface area contributed by atoms with Crippen LogP contribution in [0.1, 0.15) is 44.5 Å². The number of rotatable bonds is 5. The Morgan fingerprint density at radius 3 is 0.956 bits per heavy atom. The van der Waals surface area contributed by atoms with Gasteiger partial charge in [0, 0.05) is 16.7 Å². The highest BCUT2D eigenvalue weighted by Gasteiger charge is 2.58. The Kier molecular flexibility index (Phi) is 8.41. The molecule has 14 rings (SSSR count). The van der Waals surface area contributed by atoms with Crippen molar-refractivity contribution in [3.63, 3.8) is 0 Å². The fourth-order valence-electron chi connectivity index (χ4n) is 12.0. The Hall–Kier alpha value is -8.79. The molecule has 1 aromatic heterocycles. The van der Waals surface area contributed by atoms with Crippen molar-refractivity contribution in [3.8, 4) is 78.7 Å². The van der Waals surface area contributed by atoms with Gasteiger partial charge in [-0.25, -0.2) is 15.0 Å². The first-order chi connectivity index (χ1) is 33.7. The van der Waals surface area contributed by atoms with Gasteiger partial charge >= 0.3 is 0 Å². The topological polar surface area (TPSA) is 38.7 Å². The molecule has 68 heavy (non-hydrogen) atoms. The van der Waals surface area contributed by atoms with E-state index in [9.17, 15) is 0 Å². The lowest BCUT2D eigenvalue weighted by Crippen LogP contribution is -2.43. The van der Waals surface area contributed by atoms with E-state index in [1.165, 1.54) is 77.9 Å². The van der Waals surface area contributed by atoms with Crippen LogP contribution in [-0.4, -0.2) is 15.0 Å². The van der Waals surface area contributed by atoms with Gasteiger partial charge in [-0.1, -0.05) is 237 Å². The first kappa shape index (κ1) is 38.5. The van der Waals surface area contributed by atoms with Gasteiger partial charge in [0.2, 0.25) is 0 Å². The highest BCUT2D eigenvalue weighted by Crippen LogP contribution is 2.67. The maximum atomic E-state index is 5.02. The summed E-state index contributed by atoms with van der Waals surface area (Å²) in [5, 5.41) is 0. The first-order valence-electron chi connectivity index (χ1n) is 23.4. The fourth-order valence-corrected chi connectivity index (χ4v) is 12.0. The number of aromatic nitrogens is 3. The Morgan fingerprint density at radius 2 is 0.500 bits per heavy atom. The molecule has 1 heterocycles. The molecule has 3 heteroatoms. The van der Waals surface area contributed by atoms with E-state index in [0.717, 1.165) is 27.8 Å². The first-order valence-corrected chi connectivity index (χ1v) is 23.4. The normalized spacial score (nSPS) is 13.8. The van der Waals surface area contributed by atoms with E-state index in [4.69, 9.17) is 15.0 Å². The quantitative estimate of drug-likeness (QED) is 0.173. The van der Waals surface area contributed by atoms with Crippen LogP contribution in [0.15, 0.2) is 249 Å². The van der Waals surface area contributed by atoms with Gasteiger partial charge in [0.1, 0.15) is 0 Å². The van der Waals surface area contributed by atoms with Crippen molar-refractivity contribution in [3.05, 3.63) is 293 Å². The monoisotopic (exact) mass is 863 g/mol. The van der Waals surface area contributed by atoms with Crippen molar-refractivity contribution in [1.29, 1.82) is 0 Å². The lowest BCUT2D eigenvalue weighted by Gasteiger charge is -2.49. The van der Waals surface area contributed by atoms with Crippen LogP contribution in [0.3, 0.4) is 0 Å². The molecule has 3 aliphatic rings. The Bertz CT molecular complexity index is 3650. The SMILES string of the molecule is c1ccc(-c2nc(-c3ccccc3)nc(-c3cccc(-c4ccc(-c5ccc6c(c5)C5(c7ccccc7-c7ccccc75)c5ccccc5C65c6ccccc6-c6ccccc65)cc4)c3)n2)cc1. The molecule has 0 saturated heterocycles. The van der Waals surface area contributed by atoms with Crippen LogP contribution in [0.2, 0.25) is 0 Å². The molecule has 3 nitrogen and oxygen atoms in total. The van der Waals surface area contributed by atoms with Crippen LogP contribution < -0.4 is 0 Å². The van der Waals surface area contributed by atoms with Crippen LogP contribution in [0.4, 0.5) is 0 Å². The highest BCUT2D eigenvalue weighted by molar-refractivity contribution is 5.94. The molecule has 3 aliphatic carbocycles. The van der Waals surface area contributed by atoms with Gasteiger partial charge in [-0.15, -0.1) is 0 Å². The van der Waals surface area contributed by atoms with Crippen molar-refractivity contribution >= 4 is 0 Å². The summed E-state index contributed by atoms with van der Waals surface area (Å²) < 4.78 is 0. The van der Waals surface area contributed by atoms with Crippen LogP contribution >= 0.6 is 0 Å². The lowest BCUT2D eigenvalue weighted by atomic mass is 9.52. The van der Waals surface area contributed by atoms with Crippen LogP contribution in [-0.2, 0) is 10.8 Å². The smallest absolute Gasteiger partial charge is 0.164 e. The van der Waals surface area contributed by atoms with Crippen molar-refractivity contribution in [1.82, 2.24) is 15.0 Å². The maximum absolute atomic E-state index is 5.02. The summed E-state index contributed by atoms with van der Waals surface area (Å²) >= 11 is 0. The summed E-state index contributed by atoms with van der Waals surface area (Å²) in [4.78, 5) is 15.0. The fraction of sp³-hybridized carbons (Fsp3) is 0.0308. The summed E-state index contributed by atoms with van der Waals surface area (Å²) in [6, 6.07) is 91.0. The minimum absolute atomic E-state index is 0.507. The van der Waals surface area contributed by atoms with E-state index in [2.05, 4.69) is 188 Å². The molecule has 0 aliphatic heterocycles. The van der Waals surface area contributed by atoms with Crippen LogP contribution in [0.25, 0.3) is 78.7 Å². The average molecular weight is 864 g/mol. The molecule has 10 aromatic carbocycles. The highest BCUT2D eigenvalue weighted by atomic mass is 15.0. The van der Waals surface area contributed by atoms with Crippen molar-refractivity contribution in [2.24, 2.45) is 0 Å². The molecular weight excluding hydrogens is 823 g/mol. The molecule has 0 N–H and O–H groups in total. The third-order valence-corrected chi connectivity index (χ3v) is 14.8. The standard InChI is InChI=1S/C65H41N3/c1-3-18-44(19-4-1)61-66-62(45-20-5-2-6-21-45)68-63(67-61)48-23-17-22-46(40-48)42-34-36-43(37-35-42)47-38-39-59-60(41-47)65(55-30-13-9-26-51(55)52-27-10-14-31-56(52)65)58-33-16-15-32-57(58)64(59)53-28-11-7-24-49(53)50-25-8-12-29-54(50)64/h1-41H. The van der Waals surface area contributed by atoms with Gasteiger partial charge in [-0.05, 0) is 101 Å². The molecule has 11 aromatic rings. The van der Waals surface area contributed by atoms with Gasteiger partial charge in [0.25, 0.3) is 0 Å².